The van der Waals surface area contributed by atoms with Crippen LogP contribution in [0.2, 0.25) is 0 Å². The van der Waals surface area contributed by atoms with E-state index in [9.17, 15) is 43.2 Å². The van der Waals surface area contributed by atoms with Crippen LogP contribution in [-0.4, -0.2) is 96.7 Å². The molecule has 0 heterocycles. The van der Waals surface area contributed by atoms with E-state index in [1.807, 2.05) is 18.2 Å². The maximum Gasteiger partial charge on any atom is 0.472 e. The van der Waals surface area contributed by atoms with E-state index in [0.29, 0.717) is 32.1 Å². The van der Waals surface area contributed by atoms with Crippen molar-refractivity contribution < 1.29 is 80.2 Å². The minimum atomic E-state index is -5.00. The van der Waals surface area contributed by atoms with Crippen molar-refractivity contribution in [2.24, 2.45) is 0 Å². The Kier molecular flexibility index (Phi) is 71.4. The molecule has 19 heteroatoms. The summed E-state index contributed by atoms with van der Waals surface area (Å²) in [6, 6.07) is 0. The number of carbonyl (C=O) groups is 4. The Hall–Kier alpha value is -4.54. The molecule has 5 unspecified atom stereocenters. The highest BCUT2D eigenvalue weighted by molar-refractivity contribution is 7.47. The third-order valence-electron chi connectivity index (χ3n) is 16.4. The van der Waals surface area contributed by atoms with Crippen LogP contribution in [-0.2, 0) is 65.4 Å². The molecule has 0 rings (SSSR count). The predicted octanol–water partition coefficient (Wildman–Crippen LogP) is 23.1. The lowest BCUT2D eigenvalue weighted by Crippen LogP contribution is -2.30. The van der Waals surface area contributed by atoms with Gasteiger partial charge in [0.15, 0.2) is 12.2 Å². The topological polar surface area (TPSA) is 237 Å². The van der Waals surface area contributed by atoms with E-state index in [4.69, 9.17) is 37.0 Å². The molecule has 17 nitrogen and oxygen atoms in total. The molecule has 0 saturated heterocycles. The van der Waals surface area contributed by atoms with Gasteiger partial charge in [-0.1, -0.05) is 297 Å². The summed E-state index contributed by atoms with van der Waals surface area (Å²) in [4.78, 5) is 72.9. The molecule has 5 atom stereocenters. The number of phosphoric ester groups is 2. The first-order chi connectivity index (χ1) is 49.7. The van der Waals surface area contributed by atoms with E-state index in [1.54, 1.807) is 0 Å². The van der Waals surface area contributed by atoms with Crippen molar-refractivity contribution in [2.45, 2.75) is 341 Å². The number of aliphatic hydroxyl groups excluding tert-OH is 1. The number of carbonyl (C=O) groups excluding carboxylic acids is 4. The van der Waals surface area contributed by atoms with Gasteiger partial charge in [-0.3, -0.25) is 37.3 Å². The number of ether oxygens (including phenoxy) is 4. The second-order valence-corrected chi connectivity index (χ2v) is 29.2. The summed E-state index contributed by atoms with van der Waals surface area (Å²) >= 11 is 0. The molecule has 0 aromatic rings. The highest BCUT2D eigenvalue weighted by Gasteiger charge is 2.30. The lowest BCUT2D eigenvalue weighted by molar-refractivity contribution is -0.161. The Morgan fingerprint density at radius 1 is 0.284 bits per heavy atom. The third kappa shape index (κ3) is 73.8. The van der Waals surface area contributed by atoms with Gasteiger partial charge in [-0.25, -0.2) is 9.13 Å². The fourth-order valence-electron chi connectivity index (χ4n) is 10.4. The SMILES string of the molecule is CC/C=C\C/C=C\C/C=C\C/C=C\C/C=C\C/C=C\CCC(=O)OCC(COP(=O)(O)OCC(O)COP(=O)(O)OCC(COC(=O)CCCCCCC/C=C\CCCCCC)OC(=O)CCCCCCCCCCCCCCC)OC(=O)CCCCCCCCC/C=C\C/C=C\C/C=C\CC. The predicted molar refractivity (Wildman–Crippen MR) is 418 cm³/mol. The molecule has 3 N–H and O–H groups in total. The van der Waals surface area contributed by atoms with Gasteiger partial charge in [0.05, 0.1) is 26.4 Å². The average molecular weight is 1470 g/mol. The number of phosphoric acid groups is 2. The molecule has 0 spiro atoms. The zero-order valence-electron chi connectivity index (χ0n) is 64.0. The number of aliphatic hydroxyl groups is 1. The van der Waals surface area contributed by atoms with Crippen molar-refractivity contribution in [1.82, 2.24) is 0 Å². The molecule has 0 bridgehead atoms. The lowest BCUT2D eigenvalue weighted by atomic mass is 10.0. The average Bonchev–Trinajstić information content (AvgIpc) is 0.923. The standard InChI is InChI=1S/C83H142O17P2/c1-5-9-13-17-21-25-29-33-35-37-38-40-41-45-48-52-56-60-64-68-81(86)94-74-79(100-83(88)70-66-62-58-54-50-46-42-39-36-34-30-26-22-18-14-10-6-2)76-98-102(91,92)96-72-77(84)71-95-101(89,90)97-75-78(99-82(87)69-65-61-57-53-49-44-32-28-24-20-16-12-8-4)73-93-80(85)67-63-59-55-51-47-43-31-27-23-19-15-11-7-3/h9-10,13-14,21-22,25-27,31,33-36,38,40,45,48,56,60,77-79,84H,5-8,11-12,15-20,23-24,28-30,32,37,39,41-44,46-47,49-55,57-59,61-76H2,1-4H3,(H,89,90)(H,91,92)/b13-9-,14-10-,25-21-,26-22-,31-27-,35-33-,36-34-,40-38-,48-45-,60-56-. The first kappa shape index (κ1) is 97.5. The second-order valence-electron chi connectivity index (χ2n) is 26.2. The van der Waals surface area contributed by atoms with Gasteiger partial charge in [0.2, 0.25) is 0 Å². The number of hydrogen-bond donors (Lipinski definition) is 3. The number of esters is 4. The van der Waals surface area contributed by atoms with Gasteiger partial charge in [-0.05, 0) is 122 Å². The summed E-state index contributed by atoms with van der Waals surface area (Å²) in [7, 11) is -9.98. The van der Waals surface area contributed by atoms with Crippen molar-refractivity contribution in [3.8, 4) is 0 Å². The van der Waals surface area contributed by atoms with Crippen LogP contribution in [0.4, 0.5) is 0 Å². The number of unbranched alkanes of at least 4 members (excludes halogenated alkanes) is 28. The number of rotatable bonds is 74. The second kappa shape index (κ2) is 74.7. The largest absolute Gasteiger partial charge is 0.472 e. The van der Waals surface area contributed by atoms with Crippen molar-refractivity contribution in [3.05, 3.63) is 122 Å². The molecule has 0 aromatic carbocycles. The first-order valence-electron chi connectivity index (χ1n) is 39.8. The van der Waals surface area contributed by atoms with E-state index in [1.165, 1.54) is 77.0 Å². The zero-order valence-corrected chi connectivity index (χ0v) is 65.8. The van der Waals surface area contributed by atoms with Crippen LogP contribution in [0.5, 0.6) is 0 Å². The zero-order chi connectivity index (χ0) is 74.6. The maximum absolute atomic E-state index is 13.1. The minimum absolute atomic E-state index is 0.0319. The van der Waals surface area contributed by atoms with Crippen molar-refractivity contribution in [2.75, 3.05) is 39.6 Å². The maximum atomic E-state index is 13.1. The summed E-state index contributed by atoms with van der Waals surface area (Å²) in [5.41, 5.74) is 0. The van der Waals surface area contributed by atoms with Gasteiger partial charge in [0.25, 0.3) is 0 Å². The quantitative estimate of drug-likeness (QED) is 0.0169. The highest BCUT2D eigenvalue weighted by Crippen LogP contribution is 2.45. The molecule has 0 amide bonds. The minimum Gasteiger partial charge on any atom is -0.462 e. The molecule has 102 heavy (non-hydrogen) atoms. The van der Waals surface area contributed by atoms with E-state index >= 15 is 0 Å². The Morgan fingerprint density at radius 2 is 0.529 bits per heavy atom. The first-order valence-corrected chi connectivity index (χ1v) is 42.8. The van der Waals surface area contributed by atoms with Gasteiger partial charge >= 0.3 is 39.5 Å². The van der Waals surface area contributed by atoms with Gasteiger partial charge in [0, 0.05) is 25.7 Å². The summed E-state index contributed by atoms with van der Waals surface area (Å²) in [5.74, 6) is -2.28. The molecule has 0 radical (unpaired) electrons. The molecule has 0 fully saturated rings. The smallest absolute Gasteiger partial charge is 0.462 e. The Balaban J connectivity index is 5.42. The van der Waals surface area contributed by atoms with E-state index in [-0.39, 0.29) is 25.7 Å². The van der Waals surface area contributed by atoms with Crippen LogP contribution in [0.15, 0.2) is 122 Å². The summed E-state index contributed by atoms with van der Waals surface area (Å²) in [5, 5.41) is 10.6. The van der Waals surface area contributed by atoms with E-state index < -0.39 is 97.5 Å². The normalized spacial score (nSPS) is 14.5. The van der Waals surface area contributed by atoms with Crippen LogP contribution in [0.25, 0.3) is 0 Å². The Labute approximate surface area is 619 Å². The fraction of sp³-hybridized carbons (Fsp3) is 0.711. The van der Waals surface area contributed by atoms with Crippen LogP contribution in [0, 0.1) is 0 Å². The molecule has 0 aliphatic carbocycles. The number of hydrogen-bond acceptors (Lipinski definition) is 15. The van der Waals surface area contributed by atoms with E-state index in [2.05, 4.69) is 131 Å². The Morgan fingerprint density at radius 3 is 0.863 bits per heavy atom. The molecule has 0 aromatic heterocycles. The monoisotopic (exact) mass is 1470 g/mol. The number of allylic oxidation sites excluding steroid dienone is 20. The van der Waals surface area contributed by atoms with Crippen LogP contribution >= 0.6 is 15.6 Å². The summed E-state index contributed by atoms with van der Waals surface area (Å²) in [6.45, 7) is 4.55. The van der Waals surface area contributed by atoms with Gasteiger partial charge in [-0.15, -0.1) is 0 Å². The van der Waals surface area contributed by atoms with Gasteiger partial charge in [-0.2, -0.15) is 0 Å². The van der Waals surface area contributed by atoms with E-state index in [0.717, 1.165) is 161 Å². The Bertz CT molecular complexity index is 2410. The van der Waals surface area contributed by atoms with Gasteiger partial charge in [0.1, 0.15) is 19.3 Å². The van der Waals surface area contributed by atoms with Crippen molar-refractivity contribution >= 4 is 39.5 Å². The molecule has 0 aliphatic heterocycles. The third-order valence-corrected chi connectivity index (χ3v) is 18.3. The van der Waals surface area contributed by atoms with Gasteiger partial charge < -0.3 is 33.8 Å². The molecular weight excluding hydrogens is 1330 g/mol. The summed E-state index contributed by atoms with van der Waals surface area (Å²) < 4.78 is 68.5. The molecule has 0 aliphatic rings. The fourth-order valence-corrected chi connectivity index (χ4v) is 12.0. The van der Waals surface area contributed by atoms with Crippen molar-refractivity contribution in [1.29, 1.82) is 0 Å². The molecule has 0 saturated carbocycles. The molecule has 586 valence electrons. The lowest BCUT2D eigenvalue weighted by Gasteiger charge is -2.21. The summed E-state index contributed by atoms with van der Waals surface area (Å²) in [6.07, 6.45) is 81.9. The van der Waals surface area contributed by atoms with Crippen molar-refractivity contribution in [3.63, 3.8) is 0 Å². The highest BCUT2D eigenvalue weighted by atomic mass is 31.2. The van der Waals surface area contributed by atoms with Crippen LogP contribution in [0.1, 0.15) is 323 Å². The van der Waals surface area contributed by atoms with Crippen LogP contribution in [0.3, 0.4) is 0 Å². The molecular formula is C83H142O17P2. The van der Waals surface area contributed by atoms with Crippen LogP contribution < -0.4 is 0 Å².